The van der Waals surface area contributed by atoms with Crippen LogP contribution in [0.5, 0.6) is 0 Å². The van der Waals surface area contributed by atoms with Crippen molar-refractivity contribution >= 4 is 16.9 Å². The topological polar surface area (TPSA) is 6.48 Å². The minimum Gasteiger partial charge on any atom is -0.374 e. The molecule has 2 aliphatic rings. The Morgan fingerprint density at radius 2 is 1.90 bits per heavy atom. The van der Waals surface area contributed by atoms with Gasteiger partial charge in [0.2, 0.25) is 0 Å². The molecule has 3 rings (SSSR count). The van der Waals surface area contributed by atoms with Gasteiger partial charge in [-0.2, -0.15) is 0 Å². The lowest BCUT2D eigenvalue weighted by Crippen LogP contribution is -2.20. The highest BCUT2D eigenvalue weighted by atomic mass is 15.1. The first-order valence-electron chi connectivity index (χ1n) is 12.0. The molecule has 166 valence electrons. The molecule has 1 aromatic carbocycles. The van der Waals surface area contributed by atoms with Crippen LogP contribution in [0.3, 0.4) is 0 Å². The number of allylic oxidation sites excluding steroid dienone is 7. The van der Waals surface area contributed by atoms with Gasteiger partial charge in [0.05, 0.1) is 0 Å². The van der Waals surface area contributed by atoms with Crippen molar-refractivity contribution in [3.63, 3.8) is 0 Å². The predicted octanol–water partition coefficient (Wildman–Crippen LogP) is 7.91. The Labute approximate surface area is 190 Å². The van der Waals surface area contributed by atoms with Crippen molar-refractivity contribution in [3.8, 4) is 0 Å². The summed E-state index contributed by atoms with van der Waals surface area (Å²) in [5.74, 6) is 0.664. The van der Waals surface area contributed by atoms with Gasteiger partial charge < -0.3 is 9.80 Å². The van der Waals surface area contributed by atoms with E-state index in [0.717, 1.165) is 18.7 Å². The fourth-order valence-corrected chi connectivity index (χ4v) is 4.47. The second-order valence-electron chi connectivity index (χ2n) is 8.97. The Morgan fingerprint density at radius 1 is 1.13 bits per heavy atom. The minimum atomic E-state index is 0.664. The van der Waals surface area contributed by atoms with Gasteiger partial charge in [-0.25, -0.2) is 0 Å². The summed E-state index contributed by atoms with van der Waals surface area (Å²) in [5, 5.41) is 0. The van der Waals surface area contributed by atoms with Gasteiger partial charge in [-0.1, -0.05) is 56.4 Å². The van der Waals surface area contributed by atoms with Crippen molar-refractivity contribution in [1.82, 2.24) is 0 Å². The SMILES string of the molecule is C=C/C=C(\c1cc(N(C)C(=C)C2=CC=C(CCC)CCC2)ccc1N(C)CC)C1CC1. The zero-order chi connectivity index (χ0) is 22.4. The molecule has 2 heteroatoms. The lowest BCUT2D eigenvalue weighted by molar-refractivity contribution is 0.763. The number of benzene rings is 1. The van der Waals surface area contributed by atoms with Gasteiger partial charge in [-0.05, 0) is 80.7 Å². The number of hydrogen-bond donors (Lipinski definition) is 0. The van der Waals surface area contributed by atoms with Crippen molar-refractivity contribution in [2.75, 3.05) is 30.4 Å². The average Bonchev–Trinajstić information content (AvgIpc) is 3.64. The van der Waals surface area contributed by atoms with Crippen LogP contribution in [0.1, 0.15) is 64.4 Å². The van der Waals surface area contributed by atoms with Crippen LogP contribution in [0.2, 0.25) is 0 Å². The lowest BCUT2D eigenvalue weighted by Gasteiger charge is -2.28. The molecule has 0 unspecified atom stereocenters. The highest BCUT2D eigenvalue weighted by molar-refractivity contribution is 5.83. The van der Waals surface area contributed by atoms with E-state index < -0.39 is 0 Å². The van der Waals surface area contributed by atoms with Crippen molar-refractivity contribution in [2.24, 2.45) is 5.92 Å². The van der Waals surface area contributed by atoms with E-state index in [0.29, 0.717) is 5.92 Å². The molecular formula is C29H40N2. The fourth-order valence-electron chi connectivity index (χ4n) is 4.47. The summed E-state index contributed by atoms with van der Waals surface area (Å²) in [6, 6.07) is 6.87. The Hall–Kier alpha value is -2.48. The second kappa shape index (κ2) is 10.7. The molecule has 0 amide bonds. The Morgan fingerprint density at radius 3 is 2.55 bits per heavy atom. The summed E-state index contributed by atoms with van der Waals surface area (Å²) < 4.78 is 0. The fraction of sp³-hybridized carbons (Fsp3) is 0.448. The van der Waals surface area contributed by atoms with Crippen molar-refractivity contribution in [2.45, 2.75) is 58.8 Å². The third-order valence-corrected chi connectivity index (χ3v) is 6.69. The zero-order valence-electron chi connectivity index (χ0n) is 20.1. The largest absolute Gasteiger partial charge is 0.374 e. The van der Waals surface area contributed by atoms with Gasteiger partial charge in [0.15, 0.2) is 0 Å². The maximum absolute atomic E-state index is 4.49. The normalized spacial score (nSPS) is 16.8. The van der Waals surface area contributed by atoms with Crippen LogP contribution in [-0.2, 0) is 0 Å². The summed E-state index contributed by atoms with van der Waals surface area (Å²) in [6.07, 6.45) is 17.3. The van der Waals surface area contributed by atoms with E-state index in [4.69, 9.17) is 0 Å². The molecule has 0 N–H and O–H groups in total. The first-order valence-corrected chi connectivity index (χ1v) is 12.0. The first-order chi connectivity index (χ1) is 15.0. The van der Waals surface area contributed by atoms with Gasteiger partial charge in [0.1, 0.15) is 0 Å². The molecule has 0 aliphatic heterocycles. The van der Waals surface area contributed by atoms with E-state index in [1.165, 1.54) is 66.6 Å². The third-order valence-electron chi connectivity index (χ3n) is 6.69. The smallest absolute Gasteiger partial charge is 0.0441 e. The highest BCUT2D eigenvalue weighted by Crippen LogP contribution is 2.45. The molecule has 0 bridgehead atoms. The van der Waals surface area contributed by atoms with E-state index in [2.05, 4.69) is 87.3 Å². The molecule has 0 aromatic heterocycles. The summed E-state index contributed by atoms with van der Waals surface area (Å²) >= 11 is 0. The van der Waals surface area contributed by atoms with E-state index >= 15 is 0 Å². The highest BCUT2D eigenvalue weighted by Gasteiger charge is 2.29. The first kappa shape index (κ1) is 23.2. The molecule has 2 nitrogen and oxygen atoms in total. The summed E-state index contributed by atoms with van der Waals surface area (Å²) in [7, 11) is 4.33. The van der Waals surface area contributed by atoms with Crippen LogP contribution in [-0.4, -0.2) is 20.6 Å². The van der Waals surface area contributed by atoms with Crippen LogP contribution < -0.4 is 9.80 Å². The number of nitrogens with zero attached hydrogens (tertiary/aromatic N) is 2. The zero-order valence-corrected chi connectivity index (χ0v) is 20.1. The van der Waals surface area contributed by atoms with Crippen LogP contribution in [0.15, 0.2) is 72.5 Å². The number of likely N-dealkylation sites (N-methyl/N-ethyl adjacent to an activating group) is 1. The van der Waals surface area contributed by atoms with Crippen molar-refractivity contribution < 1.29 is 0 Å². The summed E-state index contributed by atoms with van der Waals surface area (Å²) in [6.45, 7) is 13.9. The number of anilines is 2. The lowest BCUT2D eigenvalue weighted by atomic mass is 9.97. The maximum Gasteiger partial charge on any atom is 0.0441 e. The van der Waals surface area contributed by atoms with E-state index in [-0.39, 0.29) is 0 Å². The molecule has 0 radical (unpaired) electrons. The quantitative estimate of drug-likeness (QED) is 0.358. The molecule has 1 saturated carbocycles. The van der Waals surface area contributed by atoms with Crippen LogP contribution in [0.25, 0.3) is 5.57 Å². The van der Waals surface area contributed by atoms with E-state index in [9.17, 15) is 0 Å². The molecule has 31 heavy (non-hydrogen) atoms. The monoisotopic (exact) mass is 416 g/mol. The number of rotatable bonds is 10. The van der Waals surface area contributed by atoms with E-state index in [1.807, 2.05) is 6.08 Å². The summed E-state index contributed by atoms with van der Waals surface area (Å²) in [5.41, 5.74) is 9.30. The summed E-state index contributed by atoms with van der Waals surface area (Å²) in [4.78, 5) is 4.60. The standard InChI is InChI=1S/C29H40N2/c1-7-11-23-13-10-14-24(16-15-23)22(4)31(6)26-19-20-29(30(5)9-3)28(21-26)27(12-8-2)25-17-18-25/h8,12,15-16,19-21,25H,2,4,7,9-11,13-14,17-18H2,1,3,5-6H3/b27-12-. The molecule has 2 aliphatic carbocycles. The number of hydrogen-bond acceptors (Lipinski definition) is 2. The van der Waals surface area contributed by atoms with Gasteiger partial charge in [-0.3, -0.25) is 0 Å². The predicted molar refractivity (Wildman–Crippen MR) is 139 cm³/mol. The van der Waals surface area contributed by atoms with E-state index in [1.54, 1.807) is 5.57 Å². The molecule has 1 fully saturated rings. The van der Waals surface area contributed by atoms with Crippen LogP contribution >= 0.6 is 0 Å². The van der Waals surface area contributed by atoms with Gasteiger partial charge in [0, 0.05) is 43.3 Å². The van der Waals surface area contributed by atoms with Gasteiger partial charge in [-0.15, -0.1) is 0 Å². The molecule has 0 saturated heterocycles. The third kappa shape index (κ3) is 5.61. The molecule has 0 heterocycles. The van der Waals surface area contributed by atoms with Crippen LogP contribution in [0, 0.1) is 5.92 Å². The Balaban J connectivity index is 1.93. The van der Waals surface area contributed by atoms with Gasteiger partial charge >= 0.3 is 0 Å². The molecule has 1 aromatic rings. The Bertz CT molecular complexity index is 891. The average molecular weight is 417 g/mol. The minimum absolute atomic E-state index is 0.664. The van der Waals surface area contributed by atoms with Gasteiger partial charge in [0.25, 0.3) is 0 Å². The molecular weight excluding hydrogens is 376 g/mol. The second-order valence-corrected chi connectivity index (χ2v) is 8.97. The van der Waals surface area contributed by atoms with Crippen molar-refractivity contribution in [3.05, 3.63) is 78.1 Å². The Kier molecular flexibility index (Phi) is 8.01. The maximum atomic E-state index is 4.49. The molecule has 0 spiro atoms. The molecule has 0 atom stereocenters. The van der Waals surface area contributed by atoms with Crippen LogP contribution in [0.4, 0.5) is 11.4 Å². The van der Waals surface area contributed by atoms with Crippen molar-refractivity contribution in [1.29, 1.82) is 0 Å².